The fourth-order valence-corrected chi connectivity index (χ4v) is 1.16. The van der Waals surface area contributed by atoms with Crippen molar-refractivity contribution >= 4 is 0 Å². The maximum atomic E-state index is 9.36. The van der Waals surface area contributed by atoms with Gasteiger partial charge in [-0.15, -0.1) is 0 Å². The van der Waals surface area contributed by atoms with Crippen LogP contribution in [0.15, 0.2) is 18.2 Å². The topological polar surface area (TPSA) is 49.7 Å². The molecular weight excluding hydrogens is 180 g/mol. The van der Waals surface area contributed by atoms with Crippen molar-refractivity contribution in [1.29, 1.82) is 0 Å². The van der Waals surface area contributed by atoms with E-state index in [1.54, 1.807) is 6.07 Å². The second-order valence-corrected chi connectivity index (χ2v) is 3.21. The quantitative estimate of drug-likeness (QED) is 0.712. The van der Waals surface area contributed by atoms with Crippen molar-refractivity contribution in [3.05, 3.63) is 18.2 Å². The highest BCUT2D eigenvalue weighted by Gasteiger charge is 2.02. The molecule has 0 amide bonds. The lowest BCUT2D eigenvalue weighted by Gasteiger charge is -2.07. The van der Waals surface area contributed by atoms with Crippen molar-refractivity contribution in [3.63, 3.8) is 0 Å². The molecule has 0 heterocycles. The van der Waals surface area contributed by atoms with E-state index in [-0.39, 0.29) is 11.5 Å². The Labute approximate surface area is 84.0 Å². The van der Waals surface area contributed by atoms with Gasteiger partial charge in [0.1, 0.15) is 5.75 Å². The number of unbranched alkanes of at least 4 members (excludes halogenated alkanes) is 2. The van der Waals surface area contributed by atoms with Gasteiger partial charge < -0.3 is 14.9 Å². The maximum absolute atomic E-state index is 9.36. The summed E-state index contributed by atoms with van der Waals surface area (Å²) in [4.78, 5) is 0. The van der Waals surface area contributed by atoms with Gasteiger partial charge in [-0.2, -0.15) is 0 Å². The summed E-state index contributed by atoms with van der Waals surface area (Å²) in [7, 11) is 0. The van der Waals surface area contributed by atoms with Crippen LogP contribution in [-0.4, -0.2) is 16.8 Å². The average Bonchev–Trinajstić information content (AvgIpc) is 2.15. The molecule has 0 radical (unpaired) electrons. The van der Waals surface area contributed by atoms with E-state index in [4.69, 9.17) is 9.84 Å². The first-order valence-electron chi connectivity index (χ1n) is 4.89. The Balaban J connectivity index is 2.42. The molecule has 2 N–H and O–H groups in total. The van der Waals surface area contributed by atoms with Crippen molar-refractivity contribution < 1.29 is 14.9 Å². The maximum Gasteiger partial charge on any atom is 0.161 e. The summed E-state index contributed by atoms with van der Waals surface area (Å²) in [5, 5.41) is 18.4. The molecule has 0 saturated heterocycles. The van der Waals surface area contributed by atoms with Gasteiger partial charge in [-0.05, 0) is 18.6 Å². The number of ether oxygens (including phenoxy) is 1. The molecular formula is C11H16O3. The molecule has 1 aromatic rings. The smallest absolute Gasteiger partial charge is 0.161 e. The number of phenolic OH excluding ortho intramolecular Hbond substituents is 2. The molecule has 14 heavy (non-hydrogen) atoms. The molecule has 0 spiro atoms. The zero-order valence-corrected chi connectivity index (χ0v) is 8.36. The monoisotopic (exact) mass is 196 g/mol. The number of benzene rings is 1. The lowest BCUT2D eigenvalue weighted by molar-refractivity contribution is 0.289. The van der Waals surface area contributed by atoms with E-state index in [0.29, 0.717) is 12.4 Å². The fraction of sp³-hybridized carbons (Fsp3) is 0.455. The third kappa shape index (κ3) is 3.17. The summed E-state index contributed by atoms with van der Waals surface area (Å²) in [6.45, 7) is 2.73. The van der Waals surface area contributed by atoms with Crippen molar-refractivity contribution in [1.82, 2.24) is 0 Å². The van der Waals surface area contributed by atoms with Crippen LogP contribution in [0.1, 0.15) is 26.2 Å². The summed E-state index contributed by atoms with van der Waals surface area (Å²) in [6, 6.07) is 4.33. The van der Waals surface area contributed by atoms with E-state index >= 15 is 0 Å². The van der Waals surface area contributed by atoms with Crippen LogP contribution in [0.2, 0.25) is 0 Å². The second-order valence-electron chi connectivity index (χ2n) is 3.21. The van der Waals surface area contributed by atoms with Crippen molar-refractivity contribution in [2.24, 2.45) is 0 Å². The van der Waals surface area contributed by atoms with Crippen LogP contribution in [-0.2, 0) is 0 Å². The van der Waals surface area contributed by atoms with Crippen LogP contribution in [0.5, 0.6) is 17.2 Å². The summed E-state index contributed by atoms with van der Waals surface area (Å²) < 4.78 is 5.33. The minimum atomic E-state index is -0.0125. The van der Waals surface area contributed by atoms with Crippen molar-refractivity contribution in [2.45, 2.75) is 26.2 Å². The van der Waals surface area contributed by atoms with Gasteiger partial charge in [-0.1, -0.05) is 19.8 Å². The molecule has 0 saturated carbocycles. The van der Waals surface area contributed by atoms with Gasteiger partial charge in [-0.25, -0.2) is 0 Å². The minimum Gasteiger partial charge on any atom is -0.508 e. The first kappa shape index (κ1) is 10.7. The number of rotatable bonds is 5. The molecule has 78 valence electrons. The third-order valence-corrected chi connectivity index (χ3v) is 1.95. The SMILES string of the molecule is CCCCCOc1ccc(O)cc1O. The molecule has 0 aromatic heterocycles. The fourth-order valence-electron chi connectivity index (χ4n) is 1.16. The molecule has 3 nitrogen and oxygen atoms in total. The Bertz CT molecular complexity index is 284. The second kappa shape index (κ2) is 5.37. The largest absolute Gasteiger partial charge is 0.508 e. The van der Waals surface area contributed by atoms with E-state index in [0.717, 1.165) is 19.3 Å². The van der Waals surface area contributed by atoms with E-state index in [1.807, 2.05) is 0 Å². The first-order chi connectivity index (χ1) is 6.74. The number of hydrogen-bond donors (Lipinski definition) is 2. The minimum absolute atomic E-state index is 0.0125. The molecule has 1 aromatic carbocycles. The van der Waals surface area contributed by atoms with Crippen LogP contribution in [0.25, 0.3) is 0 Å². The zero-order valence-electron chi connectivity index (χ0n) is 8.36. The zero-order chi connectivity index (χ0) is 10.4. The van der Waals surface area contributed by atoms with Crippen LogP contribution in [0, 0.1) is 0 Å². The number of hydrogen-bond acceptors (Lipinski definition) is 3. The molecule has 0 bridgehead atoms. The Kier molecular flexibility index (Phi) is 4.11. The van der Waals surface area contributed by atoms with Gasteiger partial charge in [0.25, 0.3) is 0 Å². The lowest BCUT2D eigenvalue weighted by atomic mass is 10.2. The van der Waals surface area contributed by atoms with E-state index in [2.05, 4.69) is 6.92 Å². The average molecular weight is 196 g/mol. The normalized spacial score (nSPS) is 10.1. The van der Waals surface area contributed by atoms with Gasteiger partial charge in [-0.3, -0.25) is 0 Å². The molecule has 0 aliphatic rings. The molecule has 0 atom stereocenters. The number of phenols is 2. The molecule has 0 unspecified atom stereocenters. The van der Waals surface area contributed by atoms with Crippen LogP contribution in [0.4, 0.5) is 0 Å². The van der Waals surface area contributed by atoms with Crippen molar-refractivity contribution in [2.75, 3.05) is 6.61 Å². The summed E-state index contributed by atoms with van der Waals surface area (Å²) in [6.07, 6.45) is 3.25. The van der Waals surface area contributed by atoms with Crippen LogP contribution < -0.4 is 4.74 Å². The summed E-state index contributed by atoms with van der Waals surface area (Å²) in [5.41, 5.74) is 0. The van der Waals surface area contributed by atoms with Crippen LogP contribution >= 0.6 is 0 Å². The first-order valence-corrected chi connectivity index (χ1v) is 4.89. The standard InChI is InChI=1S/C11H16O3/c1-2-3-4-7-14-11-6-5-9(12)8-10(11)13/h5-6,8,12-13H,2-4,7H2,1H3. The van der Waals surface area contributed by atoms with E-state index in [1.165, 1.54) is 12.1 Å². The molecule has 0 aliphatic carbocycles. The van der Waals surface area contributed by atoms with Gasteiger partial charge in [0.05, 0.1) is 6.61 Å². The van der Waals surface area contributed by atoms with E-state index in [9.17, 15) is 5.11 Å². The summed E-state index contributed by atoms with van der Waals surface area (Å²) >= 11 is 0. The Hall–Kier alpha value is -1.38. The highest BCUT2D eigenvalue weighted by molar-refractivity contribution is 5.43. The molecule has 3 heteroatoms. The summed E-state index contributed by atoms with van der Waals surface area (Å²) in [5.74, 6) is 0.462. The van der Waals surface area contributed by atoms with Crippen molar-refractivity contribution in [3.8, 4) is 17.2 Å². The Morgan fingerprint density at radius 3 is 2.64 bits per heavy atom. The molecule has 0 aliphatic heterocycles. The van der Waals surface area contributed by atoms with Gasteiger partial charge in [0.15, 0.2) is 11.5 Å². The van der Waals surface area contributed by atoms with Gasteiger partial charge in [0, 0.05) is 6.07 Å². The predicted molar refractivity (Wildman–Crippen MR) is 54.8 cm³/mol. The highest BCUT2D eigenvalue weighted by Crippen LogP contribution is 2.29. The van der Waals surface area contributed by atoms with Crippen LogP contribution in [0.3, 0.4) is 0 Å². The molecule has 0 fully saturated rings. The predicted octanol–water partition coefficient (Wildman–Crippen LogP) is 2.67. The Morgan fingerprint density at radius 2 is 2.00 bits per heavy atom. The third-order valence-electron chi connectivity index (χ3n) is 1.95. The van der Waals surface area contributed by atoms with Gasteiger partial charge in [0.2, 0.25) is 0 Å². The van der Waals surface area contributed by atoms with E-state index < -0.39 is 0 Å². The number of aromatic hydroxyl groups is 2. The highest BCUT2D eigenvalue weighted by atomic mass is 16.5. The Morgan fingerprint density at radius 1 is 1.21 bits per heavy atom. The molecule has 1 rings (SSSR count). The van der Waals surface area contributed by atoms with Gasteiger partial charge >= 0.3 is 0 Å². The lowest BCUT2D eigenvalue weighted by Crippen LogP contribution is -1.96.